The number of imide groups is 1. The molecule has 1 aromatic heterocycles. The minimum Gasteiger partial charge on any atom is -0.491 e. The van der Waals surface area contributed by atoms with Gasteiger partial charge in [-0.2, -0.15) is 0 Å². The smallest absolute Gasteiger partial charge is 0.282 e. The number of nitrogens with zero attached hydrogens (tertiary/aromatic N) is 1. The van der Waals surface area contributed by atoms with Crippen LogP contribution in [-0.4, -0.2) is 17.9 Å². The van der Waals surface area contributed by atoms with Crippen molar-refractivity contribution in [2.75, 3.05) is 10.2 Å². The van der Waals surface area contributed by atoms with Crippen molar-refractivity contribution >= 4 is 50.9 Å². The van der Waals surface area contributed by atoms with Crippen molar-refractivity contribution in [2.45, 2.75) is 20.0 Å². The van der Waals surface area contributed by atoms with Crippen LogP contribution in [-0.2, 0) is 9.59 Å². The van der Waals surface area contributed by atoms with Crippen LogP contribution in [0.5, 0.6) is 5.75 Å². The van der Waals surface area contributed by atoms with Crippen molar-refractivity contribution in [3.05, 3.63) is 94.8 Å². The van der Waals surface area contributed by atoms with Gasteiger partial charge in [0.05, 0.1) is 17.4 Å². The first-order valence-electron chi connectivity index (χ1n) is 10.7. The molecule has 0 spiro atoms. The normalized spacial score (nSPS) is 14.0. The second-order valence-electron chi connectivity index (χ2n) is 7.99. The Balaban J connectivity index is 1.56. The van der Waals surface area contributed by atoms with Crippen LogP contribution in [0.1, 0.15) is 18.7 Å². The lowest BCUT2D eigenvalue weighted by Crippen LogP contribution is -2.32. The Labute approximate surface area is 195 Å². The lowest BCUT2D eigenvalue weighted by Gasteiger charge is -2.18. The van der Waals surface area contributed by atoms with E-state index in [4.69, 9.17) is 4.74 Å². The predicted molar refractivity (Wildman–Crippen MR) is 134 cm³/mol. The Hall–Kier alpha value is -3.90. The Kier molecular flexibility index (Phi) is 5.44. The average Bonchev–Trinajstić information content (AvgIpc) is 3.41. The fraction of sp³-hybridized carbons (Fsp3) is 0.111. The number of benzene rings is 3. The lowest BCUT2D eigenvalue weighted by molar-refractivity contribution is -0.120. The highest BCUT2D eigenvalue weighted by Gasteiger charge is 2.41. The van der Waals surface area contributed by atoms with Crippen LogP contribution in [0.3, 0.4) is 0 Å². The summed E-state index contributed by atoms with van der Waals surface area (Å²) in [6, 6.07) is 24.5. The predicted octanol–water partition coefficient (Wildman–Crippen LogP) is 6.09. The Morgan fingerprint density at radius 2 is 1.61 bits per heavy atom. The maximum atomic E-state index is 13.6. The Morgan fingerprint density at radius 1 is 0.848 bits per heavy atom. The lowest BCUT2D eigenvalue weighted by atomic mass is 10.1. The zero-order valence-corrected chi connectivity index (χ0v) is 19.1. The quantitative estimate of drug-likeness (QED) is 0.359. The van der Waals surface area contributed by atoms with E-state index in [1.807, 2.05) is 98.1 Å². The number of anilines is 2. The third-order valence-electron chi connectivity index (χ3n) is 5.35. The van der Waals surface area contributed by atoms with Gasteiger partial charge in [-0.15, -0.1) is 11.3 Å². The summed E-state index contributed by atoms with van der Waals surface area (Å²) in [6.07, 6.45) is 0.0697. The molecule has 6 heteroatoms. The summed E-state index contributed by atoms with van der Waals surface area (Å²) >= 11 is 1.43. The molecule has 0 bridgehead atoms. The van der Waals surface area contributed by atoms with Crippen LogP contribution in [0, 0.1) is 0 Å². The van der Waals surface area contributed by atoms with E-state index >= 15 is 0 Å². The van der Waals surface area contributed by atoms with Crippen molar-refractivity contribution in [3.63, 3.8) is 0 Å². The molecule has 4 aromatic rings. The van der Waals surface area contributed by atoms with Crippen molar-refractivity contribution < 1.29 is 14.3 Å². The minimum atomic E-state index is -0.373. The zero-order chi connectivity index (χ0) is 22.9. The molecular weight excluding hydrogens is 432 g/mol. The fourth-order valence-electron chi connectivity index (χ4n) is 3.95. The Morgan fingerprint density at radius 3 is 2.33 bits per heavy atom. The van der Waals surface area contributed by atoms with E-state index in [2.05, 4.69) is 5.32 Å². The number of carbonyl (C=O) groups excluding carboxylic acids is 2. The van der Waals surface area contributed by atoms with Gasteiger partial charge in [-0.1, -0.05) is 42.5 Å². The molecule has 0 saturated heterocycles. The van der Waals surface area contributed by atoms with Crippen LogP contribution in [0.4, 0.5) is 11.4 Å². The van der Waals surface area contributed by atoms with Crippen LogP contribution in [0.2, 0.25) is 0 Å². The number of fused-ring (bicyclic) bond motifs is 1. The molecule has 3 aromatic carbocycles. The van der Waals surface area contributed by atoms with Gasteiger partial charge in [-0.05, 0) is 61.0 Å². The molecule has 2 amide bonds. The highest BCUT2D eigenvalue weighted by atomic mass is 32.1. The molecule has 1 aliphatic heterocycles. The van der Waals surface area contributed by atoms with E-state index in [0.717, 1.165) is 21.4 Å². The first-order valence-corrected chi connectivity index (χ1v) is 11.6. The van der Waals surface area contributed by atoms with Crippen molar-refractivity contribution in [3.8, 4) is 5.75 Å². The molecule has 164 valence electrons. The van der Waals surface area contributed by atoms with Crippen molar-refractivity contribution in [2.24, 2.45) is 0 Å². The van der Waals surface area contributed by atoms with E-state index in [1.165, 1.54) is 16.2 Å². The molecule has 33 heavy (non-hydrogen) atoms. The monoisotopic (exact) mass is 454 g/mol. The van der Waals surface area contributed by atoms with Gasteiger partial charge >= 0.3 is 0 Å². The van der Waals surface area contributed by atoms with E-state index in [9.17, 15) is 9.59 Å². The molecule has 5 nitrogen and oxygen atoms in total. The number of hydrogen-bond acceptors (Lipinski definition) is 5. The molecule has 0 radical (unpaired) electrons. The van der Waals surface area contributed by atoms with Crippen LogP contribution >= 0.6 is 11.3 Å². The Bertz CT molecular complexity index is 1370. The number of carbonyl (C=O) groups is 2. The molecule has 0 fully saturated rings. The number of ether oxygens (including phenoxy) is 1. The van der Waals surface area contributed by atoms with Gasteiger partial charge in [-0.25, -0.2) is 4.90 Å². The summed E-state index contributed by atoms with van der Waals surface area (Å²) in [5.41, 5.74) is 1.93. The number of nitrogens with one attached hydrogen (secondary N) is 1. The van der Waals surface area contributed by atoms with Gasteiger partial charge < -0.3 is 10.1 Å². The number of rotatable bonds is 6. The van der Waals surface area contributed by atoms with Gasteiger partial charge in [0.1, 0.15) is 11.4 Å². The highest BCUT2D eigenvalue weighted by Crippen LogP contribution is 2.38. The second kappa shape index (κ2) is 8.56. The van der Waals surface area contributed by atoms with E-state index in [0.29, 0.717) is 16.9 Å². The summed E-state index contributed by atoms with van der Waals surface area (Å²) in [7, 11) is 0. The average molecular weight is 455 g/mol. The highest BCUT2D eigenvalue weighted by molar-refractivity contribution is 7.11. The molecule has 2 heterocycles. The van der Waals surface area contributed by atoms with Gasteiger partial charge in [0.2, 0.25) is 0 Å². The first-order chi connectivity index (χ1) is 16.0. The molecule has 5 rings (SSSR count). The molecule has 0 saturated carbocycles. The molecule has 1 aliphatic rings. The van der Waals surface area contributed by atoms with Gasteiger partial charge in [-0.3, -0.25) is 9.59 Å². The van der Waals surface area contributed by atoms with Crippen LogP contribution < -0.4 is 15.0 Å². The number of thiophene rings is 1. The summed E-state index contributed by atoms with van der Waals surface area (Å²) in [4.78, 5) is 29.3. The first kappa shape index (κ1) is 21.0. The second-order valence-corrected chi connectivity index (χ2v) is 8.93. The summed E-state index contributed by atoms with van der Waals surface area (Å²) < 4.78 is 5.71. The maximum Gasteiger partial charge on any atom is 0.282 e. The summed E-state index contributed by atoms with van der Waals surface area (Å²) in [5, 5.41) is 6.92. The molecule has 1 N–H and O–H groups in total. The molecule has 0 aliphatic carbocycles. The van der Waals surface area contributed by atoms with Crippen LogP contribution in [0.25, 0.3) is 16.3 Å². The maximum absolute atomic E-state index is 13.6. The van der Waals surface area contributed by atoms with Crippen LogP contribution in [0.15, 0.2) is 89.9 Å². The van der Waals surface area contributed by atoms with Gasteiger partial charge in [0.25, 0.3) is 11.8 Å². The van der Waals surface area contributed by atoms with E-state index in [-0.39, 0.29) is 23.6 Å². The topological polar surface area (TPSA) is 58.6 Å². The molecular formula is C27H22N2O3S. The third-order valence-corrected chi connectivity index (χ3v) is 6.24. The fourth-order valence-corrected chi connectivity index (χ4v) is 4.72. The minimum absolute atomic E-state index is 0.0697. The summed E-state index contributed by atoms with van der Waals surface area (Å²) in [6.45, 7) is 3.93. The number of hydrogen-bond donors (Lipinski definition) is 1. The number of amides is 2. The van der Waals surface area contributed by atoms with Crippen molar-refractivity contribution in [1.29, 1.82) is 0 Å². The standard InChI is InChI=1S/C27H22N2O3S/c1-17(2)32-20-14-12-19(13-15-20)28-25-24(23-11-6-16-33-23)26(30)29(27(25)31)22-10-5-8-18-7-3-4-9-21(18)22/h3-17,28H,1-2H3. The van der Waals surface area contributed by atoms with Crippen molar-refractivity contribution in [1.82, 2.24) is 0 Å². The SMILES string of the molecule is CC(C)Oc1ccc(NC2=C(c3cccs3)C(=O)N(c3cccc4ccccc34)C2=O)cc1. The largest absolute Gasteiger partial charge is 0.491 e. The molecule has 0 unspecified atom stereocenters. The van der Waals surface area contributed by atoms with Gasteiger partial charge in [0, 0.05) is 16.0 Å². The van der Waals surface area contributed by atoms with E-state index in [1.54, 1.807) is 0 Å². The summed E-state index contributed by atoms with van der Waals surface area (Å²) in [5.74, 6) is 0.0394. The van der Waals surface area contributed by atoms with Gasteiger partial charge in [0.15, 0.2) is 0 Å². The van der Waals surface area contributed by atoms with E-state index < -0.39 is 0 Å². The molecule has 0 atom stereocenters. The zero-order valence-electron chi connectivity index (χ0n) is 18.2. The third kappa shape index (κ3) is 3.90.